The van der Waals surface area contributed by atoms with Crippen molar-refractivity contribution in [1.29, 1.82) is 0 Å². The molecule has 1 saturated heterocycles. The van der Waals surface area contributed by atoms with Crippen molar-refractivity contribution in [3.8, 4) is 0 Å². The molecular formula is C20H22N2O5. The largest absolute Gasteiger partial charge is 0.454 e. The number of ether oxygens (including phenoxy) is 3. The Morgan fingerprint density at radius 1 is 1.11 bits per heavy atom. The van der Waals surface area contributed by atoms with Crippen molar-refractivity contribution in [3.63, 3.8) is 0 Å². The summed E-state index contributed by atoms with van der Waals surface area (Å²) < 4.78 is 15.4. The lowest BCUT2D eigenvalue weighted by Gasteiger charge is -2.23. The van der Waals surface area contributed by atoms with E-state index >= 15 is 0 Å². The van der Waals surface area contributed by atoms with Crippen molar-refractivity contribution in [3.05, 3.63) is 54.6 Å². The number of nitrogens with one attached hydrogen (secondary N) is 1. The van der Waals surface area contributed by atoms with Crippen LogP contribution in [0.15, 0.2) is 54.6 Å². The molecule has 7 heteroatoms. The monoisotopic (exact) mass is 370 g/mol. The molecule has 1 unspecified atom stereocenters. The van der Waals surface area contributed by atoms with Gasteiger partial charge in [-0.3, -0.25) is 4.79 Å². The summed E-state index contributed by atoms with van der Waals surface area (Å²) in [6.45, 7) is 0.550. The van der Waals surface area contributed by atoms with E-state index in [9.17, 15) is 9.59 Å². The van der Waals surface area contributed by atoms with Gasteiger partial charge in [0.25, 0.3) is 5.91 Å². The Bertz CT molecular complexity index is 775. The van der Waals surface area contributed by atoms with Crippen LogP contribution in [-0.2, 0) is 23.8 Å². The number of rotatable bonds is 6. The molecule has 3 rings (SSSR count). The summed E-state index contributed by atoms with van der Waals surface area (Å²) in [6.07, 6.45) is -0.775. The van der Waals surface area contributed by atoms with Crippen LogP contribution in [0.2, 0.25) is 0 Å². The van der Waals surface area contributed by atoms with E-state index in [1.54, 1.807) is 6.07 Å². The smallest absolute Gasteiger partial charge is 0.338 e. The molecule has 0 saturated carbocycles. The molecule has 1 N–H and O–H groups in total. The van der Waals surface area contributed by atoms with Crippen molar-refractivity contribution in [2.24, 2.45) is 0 Å². The van der Waals surface area contributed by atoms with E-state index in [1.165, 1.54) is 0 Å². The van der Waals surface area contributed by atoms with Gasteiger partial charge in [-0.25, -0.2) is 4.79 Å². The Hall–Kier alpha value is -2.90. The number of amides is 1. The molecule has 1 amide bonds. The normalized spacial score (nSPS) is 16.4. The fraction of sp³-hybridized carbons (Fsp3) is 0.300. The second-order valence-electron chi connectivity index (χ2n) is 6.00. The Kier molecular flexibility index (Phi) is 6.40. The predicted molar refractivity (Wildman–Crippen MR) is 101 cm³/mol. The van der Waals surface area contributed by atoms with Crippen molar-refractivity contribution in [2.75, 3.05) is 43.7 Å². The maximum Gasteiger partial charge on any atom is 0.338 e. The molecule has 2 aromatic rings. The standard InChI is InChI=1S/C20H22N2O5/c1-22(15-7-3-2-4-8-15)17-10-6-5-9-16(17)21-19(23)14-27-20(24)18-13-25-11-12-26-18/h2-10,18H,11-14H2,1H3,(H,21,23). The number of nitrogens with zero attached hydrogens (tertiary/aromatic N) is 1. The van der Waals surface area contributed by atoms with Crippen LogP contribution in [0.1, 0.15) is 0 Å². The zero-order valence-electron chi connectivity index (χ0n) is 15.1. The average Bonchev–Trinajstić information content (AvgIpc) is 2.73. The summed E-state index contributed by atoms with van der Waals surface area (Å²) in [6, 6.07) is 17.2. The minimum Gasteiger partial charge on any atom is -0.454 e. The van der Waals surface area contributed by atoms with Crippen LogP contribution in [0.3, 0.4) is 0 Å². The minimum atomic E-state index is -0.775. The Labute approximate surface area is 157 Å². The van der Waals surface area contributed by atoms with Crippen molar-refractivity contribution in [1.82, 2.24) is 0 Å². The van der Waals surface area contributed by atoms with Gasteiger partial charge in [0.15, 0.2) is 12.7 Å². The third-order valence-corrected chi connectivity index (χ3v) is 4.11. The van der Waals surface area contributed by atoms with E-state index in [-0.39, 0.29) is 13.2 Å². The second kappa shape index (κ2) is 9.16. The maximum absolute atomic E-state index is 12.2. The SMILES string of the molecule is CN(c1ccccc1)c1ccccc1NC(=O)COC(=O)C1COCCO1. The van der Waals surface area contributed by atoms with E-state index in [2.05, 4.69) is 5.32 Å². The lowest BCUT2D eigenvalue weighted by molar-refractivity contribution is -0.171. The summed E-state index contributed by atoms with van der Waals surface area (Å²) in [5.41, 5.74) is 2.44. The highest BCUT2D eigenvalue weighted by Crippen LogP contribution is 2.30. The van der Waals surface area contributed by atoms with Crippen molar-refractivity contribution >= 4 is 28.9 Å². The lowest BCUT2D eigenvalue weighted by Crippen LogP contribution is -2.37. The van der Waals surface area contributed by atoms with Crippen LogP contribution in [0.25, 0.3) is 0 Å². The van der Waals surface area contributed by atoms with E-state index in [4.69, 9.17) is 14.2 Å². The molecule has 0 spiro atoms. The number of benzene rings is 2. The number of para-hydroxylation sites is 3. The lowest BCUT2D eigenvalue weighted by atomic mass is 10.2. The van der Waals surface area contributed by atoms with Gasteiger partial charge < -0.3 is 24.4 Å². The van der Waals surface area contributed by atoms with Crippen LogP contribution in [0.4, 0.5) is 17.1 Å². The van der Waals surface area contributed by atoms with Crippen molar-refractivity contribution in [2.45, 2.75) is 6.10 Å². The molecule has 0 aromatic heterocycles. The Morgan fingerprint density at radius 2 is 1.85 bits per heavy atom. The van der Waals surface area contributed by atoms with Gasteiger partial charge in [0.1, 0.15) is 0 Å². The van der Waals surface area contributed by atoms with Crippen LogP contribution < -0.4 is 10.2 Å². The maximum atomic E-state index is 12.2. The second-order valence-corrected chi connectivity index (χ2v) is 6.00. The van der Waals surface area contributed by atoms with Gasteiger partial charge in [0.2, 0.25) is 0 Å². The van der Waals surface area contributed by atoms with Gasteiger partial charge in [-0.15, -0.1) is 0 Å². The average molecular weight is 370 g/mol. The van der Waals surface area contributed by atoms with E-state index in [0.717, 1.165) is 11.4 Å². The fourth-order valence-corrected chi connectivity index (χ4v) is 2.70. The summed E-state index contributed by atoms with van der Waals surface area (Å²) in [4.78, 5) is 26.1. The minimum absolute atomic E-state index is 0.144. The highest BCUT2D eigenvalue weighted by atomic mass is 16.6. The first-order chi connectivity index (χ1) is 13.1. The number of esters is 1. The summed E-state index contributed by atoms with van der Waals surface area (Å²) >= 11 is 0. The van der Waals surface area contributed by atoms with Gasteiger partial charge >= 0.3 is 5.97 Å². The zero-order chi connectivity index (χ0) is 19.1. The molecule has 2 aromatic carbocycles. The molecule has 0 aliphatic carbocycles. The molecule has 7 nitrogen and oxygen atoms in total. The number of anilines is 3. The predicted octanol–water partition coefficient (Wildman–Crippen LogP) is 2.35. The highest BCUT2D eigenvalue weighted by molar-refractivity contribution is 5.96. The third-order valence-electron chi connectivity index (χ3n) is 4.11. The van der Waals surface area contributed by atoms with Gasteiger partial charge in [0.05, 0.1) is 31.2 Å². The van der Waals surface area contributed by atoms with Crippen LogP contribution >= 0.6 is 0 Å². The molecule has 1 aliphatic rings. The molecule has 1 atom stereocenters. The summed E-state index contributed by atoms with van der Waals surface area (Å²) in [7, 11) is 1.92. The fourth-order valence-electron chi connectivity index (χ4n) is 2.70. The number of hydrogen-bond acceptors (Lipinski definition) is 6. The van der Waals surface area contributed by atoms with Gasteiger partial charge in [-0.05, 0) is 24.3 Å². The highest BCUT2D eigenvalue weighted by Gasteiger charge is 2.25. The number of hydrogen-bond donors (Lipinski definition) is 1. The van der Waals surface area contributed by atoms with Crippen LogP contribution in [0.5, 0.6) is 0 Å². The summed E-state index contributed by atoms with van der Waals surface area (Å²) in [5, 5.41) is 2.79. The molecule has 142 valence electrons. The first kappa shape index (κ1) is 18.9. The molecule has 0 bridgehead atoms. The molecule has 27 heavy (non-hydrogen) atoms. The summed E-state index contributed by atoms with van der Waals surface area (Å²) in [5.74, 6) is -1.02. The van der Waals surface area contributed by atoms with E-state index in [1.807, 2.05) is 60.5 Å². The van der Waals surface area contributed by atoms with Crippen LogP contribution in [-0.4, -0.2) is 51.5 Å². The molecule has 0 radical (unpaired) electrons. The first-order valence-corrected chi connectivity index (χ1v) is 8.69. The number of carbonyl (C=O) groups excluding carboxylic acids is 2. The topological polar surface area (TPSA) is 77.1 Å². The van der Waals surface area contributed by atoms with Crippen LogP contribution in [0, 0.1) is 0 Å². The third kappa shape index (κ3) is 5.06. The first-order valence-electron chi connectivity index (χ1n) is 8.69. The zero-order valence-corrected chi connectivity index (χ0v) is 15.1. The Balaban J connectivity index is 1.60. The molecule has 1 aliphatic heterocycles. The quantitative estimate of drug-likeness (QED) is 0.787. The van der Waals surface area contributed by atoms with Gasteiger partial charge in [-0.2, -0.15) is 0 Å². The number of carbonyl (C=O) groups is 2. The van der Waals surface area contributed by atoms with Gasteiger partial charge in [0, 0.05) is 12.7 Å². The van der Waals surface area contributed by atoms with Gasteiger partial charge in [-0.1, -0.05) is 30.3 Å². The molecule has 1 heterocycles. The molecular weight excluding hydrogens is 348 g/mol. The molecule has 1 fully saturated rings. The Morgan fingerprint density at radius 3 is 2.59 bits per heavy atom. The van der Waals surface area contributed by atoms with E-state index in [0.29, 0.717) is 18.9 Å². The van der Waals surface area contributed by atoms with E-state index < -0.39 is 18.0 Å². The van der Waals surface area contributed by atoms with Crippen molar-refractivity contribution < 1.29 is 23.8 Å².